The molecule has 0 fully saturated rings. The van der Waals surface area contributed by atoms with E-state index in [1.807, 2.05) is 18.2 Å². The minimum atomic E-state index is -0.107. The van der Waals surface area contributed by atoms with Gasteiger partial charge in [-0.25, -0.2) is 0 Å². The Bertz CT molecular complexity index is 391. The van der Waals surface area contributed by atoms with E-state index in [0.29, 0.717) is 18.7 Å². The average Bonchev–Trinajstić information content (AvgIpc) is 2.37. The Morgan fingerprint density at radius 1 is 1.53 bits per heavy atom. The molecular weight excluding hydrogens is 216 g/mol. The molecule has 0 heterocycles. The number of rotatable bonds is 6. The van der Waals surface area contributed by atoms with E-state index in [1.165, 1.54) is 0 Å². The number of anilines is 1. The van der Waals surface area contributed by atoms with Crippen molar-refractivity contribution < 1.29 is 9.90 Å². The van der Waals surface area contributed by atoms with E-state index in [0.717, 1.165) is 5.69 Å². The summed E-state index contributed by atoms with van der Waals surface area (Å²) in [6.07, 6.45) is 1.65. The molecule has 1 rings (SSSR count). The Balaban J connectivity index is 2.95. The van der Waals surface area contributed by atoms with Gasteiger partial charge in [-0.2, -0.15) is 0 Å². The van der Waals surface area contributed by atoms with E-state index in [1.54, 1.807) is 24.1 Å². The normalized spacial score (nSPS) is 9.76. The van der Waals surface area contributed by atoms with Gasteiger partial charge in [0.05, 0.1) is 12.2 Å². The second-order valence-corrected chi connectivity index (χ2v) is 3.56. The summed E-state index contributed by atoms with van der Waals surface area (Å²) in [7, 11) is 1.77. The second kappa shape index (κ2) is 6.70. The van der Waals surface area contributed by atoms with Crippen molar-refractivity contribution in [2.75, 3.05) is 32.1 Å². The summed E-state index contributed by atoms with van der Waals surface area (Å²) in [5, 5.41) is 11.9. The minimum Gasteiger partial charge on any atom is -0.395 e. The first kappa shape index (κ1) is 13.3. The molecule has 1 aromatic carbocycles. The summed E-state index contributed by atoms with van der Waals surface area (Å²) in [5.41, 5.74) is 1.38. The Labute approximate surface area is 102 Å². The zero-order chi connectivity index (χ0) is 12.7. The molecule has 0 unspecified atom stereocenters. The van der Waals surface area contributed by atoms with Crippen molar-refractivity contribution >= 4 is 11.6 Å². The van der Waals surface area contributed by atoms with Gasteiger partial charge < -0.3 is 15.3 Å². The third-order valence-electron chi connectivity index (χ3n) is 2.43. The highest BCUT2D eigenvalue weighted by atomic mass is 16.3. The largest absolute Gasteiger partial charge is 0.395 e. The molecule has 0 saturated heterocycles. The van der Waals surface area contributed by atoms with Gasteiger partial charge in [0.15, 0.2) is 0 Å². The third kappa shape index (κ3) is 3.32. The van der Waals surface area contributed by atoms with Crippen molar-refractivity contribution in [3.8, 4) is 0 Å². The maximum atomic E-state index is 12.2. The van der Waals surface area contributed by atoms with Crippen molar-refractivity contribution in [1.82, 2.24) is 4.90 Å². The number of nitrogens with one attached hydrogen (secondary N) is 1. The van der Waals surface area contributed by atoms with E-state index in [-0.39, 0.29) is 12.5 Å². The van der Waals surface area contributed by atoms with E-state index >= 15 is 0 Å². The Kier molecular flexibility index (Phi) is 5.23. The SMILES string of the molecule is C=CCN(CCO)C(=O)c1ccccc1NC. The highest BCUT2D eigenvalue weighted by Gasteiger charge is 2.16. The van der Waals surface area contributed by atoms with Crippen LogP contribution < -0.4 is 5.32 Å². The summed E-state index contributed by atoms with van der Waals surface area (Å²) in [5.74, 6) is -0.107. The van der Waals surface area contributed by atoms with E-state index in [9.17, 15) is 4.79 Å². The first-order chi connectivity index (χ1) is 8.24. The van der Waals surface area contributed by atoms with E-state index in [4.69, 9.17) is 5.11 Å². The number of amides is 1. The molecule has 1 aromatic rings. The number of hydrogen-bond acceptors (Lipinski definition) is 3. The van der Waals surface area contributed by atoms with Crippen LogP contribution >= 0.6 is 0 Å². The zero-order valence-corrected chi connectivity index (χ0v) is 10.0. The molecule has 0 radical (unpaired) electrons. The lowest BCUT2D eigenvalue weighted by Gasteiger charge is -2.21. The molecule has 0 aliphatic carbocycles. The van der Waals surface area contributed by atoms with Crippen LogP contribution in [0.4, 0.5) is 5.69 Å². The van der Waals surface area contributed by atoms with Crippen LogP contribution in [0.15, 0.2) is 36.9 Å². The van der Waals surface area contributed by atoms with Gasteiger partial charge in [-0.15, -0.1) is 6.58 Å². The van der Waals surface area contributed by atoms with Crippen LogP contribution in [0.3, 0.4) is 0 Å². The molecule has 0 aliphatic rings. The molecule has 4 nitrogen and oxygen atoms in total. The van der Waals surface area contributed by atoms with E-state index < -0.39 is 0 Å². The van der Waals surface area contributed by atoms with Gasteiger partial charge in [0, 0.05) is 25.8 Å². The highest BCUT2D eigenvalue weighted by Crippen LogP contribution is 2.16. The van der Waals surface area contributed by atoms with Gasteiger partial charge in [0.25, 0.3) is 5.91 Å². The number of carbonyl (C=O) groups is 1. The van der Waals surface area contributed by atoms with Crippen molar-refractivity contribution in [3.63, 3.8) is 0 Å². The first-order valence-electron chi connectivity index (χ1n) is 5.52. The van der Waals surface area contributed by atoms with Crippen LogP contribution in [0, 0.1) is 0 Å². The number of aliphatic hydroxyl groups excluding tert-OH is 1. The second-order valence-electron chi connectivity index (χ2n) is 3.56. The Morgan fingerprint density at radius 3 is 2.82 bits per heavy atom. The summed E-state index contributed by atoms with van der Waals surface area (Å²) in [6, 6.07) is 7.30. The standard InChI is InChI=1S/C13H18N2O2/c1-3-8-15(9-10-16)13(17)11-6-4-5-7-12(11)14-2/h3-7,14,16H,1,8-10H2,2H3. The Morgan fingerprint density at radius 2 is 2.24 bits per heavy atom. The molecular formula is C13H18N2O2. The lowest BCUT2D eigenvalue weighted by Crippen LogP contribution is -2.34. The van der Waals surface area contributed by atoms with Crippen molar-refractivity contribution in [1.29, 1.82) is 0 Å². The fraction of sp³-hybridized carbons (Fsp3) is 0.308. The molecule has 0 bridgehead atoms. The van der Waals surface area contributed by atoms with Crippen LogP contribution in [0.25, 0.3) is 0 Å². The molecule has 0 saturated carbocycles. The maximum absolute atomic E-state index is 12.2. The quantitative estimate of drug-likeness (QED) is 0.730. The van der Waals surface area contributed by atoms with Crippen LogP contribution in [-0.2, 0) is 0 Å². The van der Waals surface area contributed by atoms with Crippen LogP contribution in [-0.4, -0.2) is 42.7 Å². The number of carbonyl (C=O) groups excluding carboxylic acids is 1. The smallest absolute Gasteiger partial charge is 0.256 e. The molecule has 0 spiro atoms. The van der Waals surface area contributed by atoms with Gasteiger partial charge in [-0.3, -0.25) is 4.79 Å². The van der Waals surface area contributed by atoms with Gasteiger partial charge in [0.1, 0.15) is 0 Å². The zero-order valence-electron chi connectivity index (χ0n) is 10.0. The number of aliphatic hydroxyl groups is 1. The molecule has 4 heteroatoms. The van der Waals surface area contributed by atoms with Crippen LogP contribution in [0.5, 0.6) is 0 Å². The summed E-state index contributed by atoms with van der Waals surface area (Å²) in [4.78, 5) is 13.8. The third-order valence-corrected chi connectivity index (χ3v) is 2.43. The molecule has 17 heavy (non-hydrogen) atoms. The minimum absolute atomic E-state index is 0.0543. The van der Waals surface area contributed by atoms with Crippen molar-refractivity contribution in [2.45, 2.75) is 0 Å². The molecule has 0 atom stereocenters. The average molecular weight is 234 g/mol. The van der Waals surface area contributed by atoms with Gasteiger partial charge in [0.2, 0.25) is 0 Å². The lowest BCUT2D eigenvalue weighted by molar-refractivity contribution is 0.0744. The number of hydrogen-bond donors (Lipinski definition) is 2. The summed E-state index contributed by atoms with van der Waals surface area (Å²) >= 11 is 0. The molecule has 0 aromatic heterocycles. The molecule has 2 N–H and O–H groups in total. The fourth-order valence-corrected chi connectivity index (χ4v) is 1.61. The van der Waals surface area contributed by atoms with Gasteiger partial charge in [-0.1, -0.05) is 18.2 Å². The number of para-hydroxylation sites is 1. The summed E-state index contributed by atoms with van der Waals surface area (Å²) < 4.78 is 0. The molecule has 92 valence electrons. The first-order valence-corrected chi connectivity index (χ1v) is 5.52. The topological polar surface area (TPSA) is 52.6 Å². The van der Waals surface area contributed by atoms with Crippen LogP contribution in [0.2, 0.25) is 0 Å². The Hall–Kier alpha value is -1.81. The predicted molar refractivity (Wildman–Crippen MR) is 69.2 cm³/mol. The molecule has 1 amide bonds. The van der Waals surface area contributed by atoms with Crippen LogP contribution in [0.1, 0.15) is 10.4 Å². The fourth-order valence-electron chi connectivity index (χ4n) is 1.61. The highest BCUT2D eigenvalue weighted by molar-refractivity contribution is 5.99. The van der Waals surface area contributed by atoms with E-state index in [2.05, 4.69) is 11.9 Å². The molecule has 0 aliphatic heterocycles. The summed E-state index contributed by atoms with van der Waals surface area (Å²) in [6.45, 7) is 4.29. The monoisotopic (exact) mass is 234 g/mol. The predicted octanol–water partition coefficient (Wildman–Crippen LogP) is 1.35. The van der Waals surface area contributed by atoms with Crippen molar-refractivity contribution in [3.05, 3.63) is 42.5 Å². The number of benzene rings is 1. The van der Waals surface area contributed by atoms with Gasteiger partial charge in [-0.05, 0) is 12.1 Å². The van der Waals surface area contributed by atoms with Crippen molar-refractivity contribution in [2.24, 2.45) is 0 Å². The lowest BCUT2D eigenvalue weighted by atomic mass is 10.1. The van der Waals surface area contributed by atoms with Gasteiger partial charge >= 0.3 is 0 Å². The number of nitrogens with zero attached hydrogens (tertiary/aromatic N) is 1. The maximum Gasteiger partial charge on any atom is 0.256 e.